The average Bonchev–Trinajstić information content (AvgIpc) is 2.59. The van der Waals surface area contributed by atoms with Crippen molar-refractivity contribution >= 4 is 38.8 Å². The second-order valence-electron chi connectivity index (χ2n) is 5.29. The van der Waals surface area contributed by atoms with Crippen molar-refractivity contribution in [1.29, 1.82) is 0 Å². The van der Waals surface area contributed by atoms with Crippen LogP contribution in [0.4, 0.5) is 5.69 Å². The Morgan fingerprint density at radius 1 is 1.08 bits per heavy atom. The van der Waals surface area contributed by atoms with Gasteiger partial charge in [-0.25, -0.2) is 13.2 Å². The van der Waals surface area contributed by atoms with Crippen LogP contribution in [-0.4, -0.2) is 32.9 Å². The normalized spacial score (nSPS) is 10.8. The molecule has 8 heteroatoms. The molecule has 2 aromatic carbocycles. The van der Waals surface area contributed by atoms with Crippen LogP contribution in [0.25, 0.3) is 0 Å². The minimum atomic E-state index is -3.19. The molecular formula is C17H18N2O4S2. The van der Waals surface area contributed by atoms with Gasteiger partial charge in [0, 0.05) is 18.5 Å². The van der Waals surface area contributed by atoms with Crippen LogP contribution in [0.15, 0.2) is 53.4 Å². The van der Waals surface area contributed by atoms with Gasteiger partial charge in [-0.1, -0.05) is 12.1 Å². The molecule has 2 N–H and O–H groups in total. The maximum atomic E-state index is 11.4. The number of sulfone groups is 1. The van der Waals surface area contributed by atoms with Gasteiger partial charge in [0.15, 0.2) is 14.9 Å². The molecule has 0 spiro atoms. The number of carbonyl (C=O) groups is 1. The van der Waals surface area contributed by atoms with Gasteiger partial charge in [-0.2, -0.15) is 0 Å². The first-order chi connectivity index (χ1) is 11.8. The summed E-state index contributed by atoms with van der Waals surface area (Å²) in [5, 5.41) is 6.45. The number of benzene rings is 2. The monoisotopic (exact) mass is 378 g/mol. The first-order valence-electron chi connectivity index (χ1n) is 7.32. The molecule has 0 unspecified atom stereocenters. The van der Waals surface area contributed by atoms with Crippen LogP contribution in [0.1, 0.15) is 15.9 Å². The van der Waals surface area contributed by atoms with Crippen molar-refractivity contribution in [3.63, 3.8) is 0 Å². The largest absolute Gasteiger partial charge is 0.465 e. The number of hydrogen-bond acceptors (Lipinski definition) is 5. The van der Waals surface area contributed by atoms with Crippen molar-refractivity contribution < 1.29 is 17.9 Å². The van der Waals surface area contributed by atoms with Crippen molar-refractivity contribution in [2.45, 2.75) is 11.4 Å². The average molecular weight is 378 g/mol. The lowest BCUT2D eigenvalue weighted by atomic mass is 10.2. The van der Waals surface area contributed by atoms with Crippen molar-refractivity contribution in [1.82, 2.24) is 5.32 Å². The van der Waals surface area contributed by atoms with E-state index in [2.05, 4.69) is 15.4 Å². The van der Waals surface area contributed by atoms with Crippen LogP contribution in [0.2, 0.25) is 0 Å². The van der Waals surface area contributed by atoms with Crippen molar-refractivity contribution in [3.05, 3.63) is 59.7 Å². The van der Waals surface area contributed by atoms with E-state index in [-0.39, 0.29) is 4.90 Å². The lowest BCUT2D eigenvalue weighted by molar-refractivity contribution is 0.0601. The topological polar surface area (TPSA) is 84.5 Å². The van der Waals surface area contributed by atoms with Gasteiger partial charge in [-0.3, -0.25) is 0 Å². The molecule has 0 atom stereocenters. The lowest BCUT2D eigenvalue weighted by Crippen LogP contribution is -2.27. The number of carbonyl (C=O) groups excluding carboxylic acids is 1. The quantitative estimate of drug-likeness (QED) is 0.610. The summed E-state index contributed by atoms with van der Waals surface area (Å²) in [6.07, 6.45) is 1.17. The third-order valence-corrected chi connectivity index (χ3v) is 4.74. The Balaban J connectivity index is 1.89. The summed E-state index contributed by atoms with van der Waals surface area (Å²) >= 11 is 5.22. The Bertz CT molecular complexity index is 861. The summed E-state index contributed by atoms with van der Waals surface area (Å²) in [5.74, 6) is -0.398. The highest BCUT2D eigenvalue weighted by molar-refractivity contribution is 7.90. The van der Waals surface area contributed by atoms with Crippen LogP contribution in [0.3, 0.4) is 0 Å². The molecule has 0 fully saturated rings. The van der Waals surface area contributed by atoms with E-state index in [0.717, 1.165) is 11.3 Å². The summed E-state index contributed by atoms with van der Waals surface area (Å²) in [6.45, 7) is 0.454. The number of anilines is 1. The van der Waals surface area contributed by atoms with Gasteiger partial charge in [0.2, 0.25) is 0 Å². The summed E-state index contributed by atoms with van der Waals surface area (Å²) in [5.41, 5.74) is 2.09. The fraction of sp³-hybridized carbons (Fsp3) is 0.176. The molecule has 0 aliphatic rings. The minimum Gasteiger partial charge on any atom is -0.465 e. The van der Waals surface area contributed by atoms with Crippen molar-refractivity contribution in [2.24, 2.45) is 0 Å². The summed E-state index contributed by atoms with van der Waals surface area (Å²) < 4.78 is 27.5. The number of ether oxygens (including phenoxy) is 1. The van der Waals surface area contributed by atoms with E-state index in [9.17, 15) is 13.2 Å². The first kappa shape index (κ1) is 18.9. The van der Waals surface area contributed by atoms with E-state index in [0.29, 0.717) is 17.2 Å². The van der Waals surface area contributed by atoms with Crippen LogP contribution in [-0.2, 0) is 21.1 Å². The van der Waals surface area contributed by atoms with E-state index < -0.39 is 15.8 Å². The molecule has 0 amide bonds. The Kier molecular flexibility index (Phi) is 6.11. The highest BCUT2D eigenvalue weighted by atomic mass is 32.2. The number of rotatable bonds is 5. The predicted octanol–water partition coefficient (Wildman–Crippen LogP) is 2.36. The first-order valence-corrected chi connectivity index (χ1v) is 9.62. The molecule has 6 nitrogen and oxygen atoms in total. The molecular weight excluding hydrogens is 360 g/mol. The molecule has 2 rings (SSSR count). The smallest absolute Gasteiger partial charge is 0.337 e. The molecule has 2 aromatic rings. The lowest BCUT2D eigenvalue weighted by Gasteiger charge is -2.11. The molecule has 0 aliphatic heterocycles. The fourth-order valence-corrected chi connectivity index (χ4v) is 2.84. The second kappa shape index (κ2) is 8.09. The number of methoxy groups -OCH3 is 1. The van der Waals surface area contributed by atoms with E-state index in [1.807, 2.05) is 0 Å². The van der Waals surface area contributed by atoms with Gasteiger partial charge in [0.25, 0.3) is 0 Å². The van der Waals surface area contributed by atoms with E-state index in [1.54, 1.807) is 48.5 Å². The van der Waals surface area contributed by atoms with Gasteiger partial charge in [-0.15, -0.1) is 0 Å². The van der Waals surface area contributed by atoms with Crippen LogP contribution in [0, 0.1) is 0 Å². The maximum absolute atomic E-state index is 11.4. The SMILES string of the molecule is COC(=O)c1ccc(NC(=S)NCc2ccc(S(C)(=O)=O)cc2)cc1. The molecule has 0 aliphatic carbocycles. The van der Waals surface area contributed by atoms with Crippen LogP contribution >= 0.6 is 12.2 Å². The molecule has 25 heavy (non-hydrogen) atoms. The Morgan fingerprint density at radius 2 is 1.68 bits per heavy atom. The molecule has 0 heterocycles. The standard InChI is InChI=1S/C17H18N2O4S2/c1-23-16(20)13-5-7-14(8-6-13)19-17(24)18-11-12-3-9-15(10-4-12)25(2,21)22/h3-10H,11H2,1-2H3,(H2,18,19,24). The minimum absolute atomic E-state index is 0.280. The Labute approximate surface area is 152 Å². The van der Waals surface area contributed by atoms with E-state index in [4.69, 9.17) is 12.2 Å². The second-order valence-corrected chi connectivity index (χ2v) is 7.72. The molecule has 132 valence electrons. The van der Waals surface area contributed by atoms with E-state index >= 15 is 0 Å². The summed E-state index contributed by atoms with van der Waals surface area (Å²) in [6, 6.07) is 13.3. The third-order valence-electron chi connectivity index (χ3n) is 3.37. The Hall–Kier alpha value is -2.45. The highest BCUT2D eigenvalue weighted by Gasteiger charge is 2.07. The predicted molar refractivity (Wildman–Crippen MR) is 100 cm³/mol. The molecule has 0 saturated heterocycles. The zero-order chi connectivity index (χ0) is 18.4. The van der Waals surface area contributed by atoms with Crippen molar-refractivity contribution in [3.8, 4) is 0 Å². The van der Waals surface area contributed by atoms with Crippen molar-refractivity contribution in [2.75, 3.05) is 18.7 Å². The zero-order valence-electron chi connectivity index (χ0n) is 13.8. The maximum Gasteiger partial charge on any atom is 0.337 e. The molecule has 0 radical (unpaired) electrons. The summed E-state index contributed by atoms with van der Waals surface area (Å²) in [7, 11) is -1.87. The Morgan fingerprint density at radius 3 is 2.20 bits per heavy atom. The van der Waals surface area contributed by atoms with Gasteiger partial charge in [-0.05, 0) is 54.2 Å². The third kappa shape index (κ3) is 5.54. The van der Waals surface area contributed by atoms with Gasteiger partial charge < -0.3 is 15.4 Å². The molecule has 0 bridgehead atoms. The molecule has 0 saturated carbocycles. The highest BCUT2D eigenvalue weighted by Crippen LogP contribution is 2.12. The fourth-order valence-electron chi connectivity index (χ4n) is 2.02. The van der Waals surface area contributed by atoms with Crippen LogP contribution < -0.4 is 10.6 Å². The van der Waals surface area contributed by atoms with Gasteiger partial charge in [0.1, 0.15) is 0 Å². The number of hydrogen-bond donors (Lipinski definition) is 2. The number of esters is 1. The van der Waals surface area contributed by atoms with Crippen LogP contribution in [0.5, 0.6) is 0 Å². The van der Waals surface area contributed by atoms with Gasteiger partial charge >= 0.3 is 5.97 Å². The molecule has 0 aromatic heterocycles. The van der Waals surface area contributed by atoms with Gasteiger partial charge in [0.05, 0.1) is 17.6 Å². The zero-order valence-corrected chi connectivity index (χ0v) is 15.4. The van der Waals surface area contributed by atoms with E-state index in [1.165, 1.54) is 13.4 Å². The number of nitrogens with one attached hydrogen (secondary N) is 2. The number of thiocarbonyl (C=S) groups is 1. The summed E-state index contributed by atoms with van der Waals surface area (Å²) in [4.78, 5) is 11.7.